The Kier molecular flexibility index (Phi) is 10.4. The molecule has 1 aliphatic carbocycles. The third-order valence-electron chi connectivity index (χ3n) is 8.77. The van der Waals surface area contributed by atoms with E-state index in [1.165, 1.54) is 19.1 Å². The van der Waals surface area contributed by atoms with Crippen molar-refractivity contribution in [3.05, 3.63) is 23.9 Å². The smallest absolute Gasteiger partial charge is 0.408 e. The second-order valence-corrected chi connectivity index (χ2v) is 13.0. The van der Waals surface area contributed by atoms with Crippen LogP contribution in [0.4, 0.5) is 13.6 Å². The van der Waals surface area contributed by atoms with Crippen molar-refractivity contribution in [3.8, 4) is 11.6 Å². The molecule has 4 rings (SSSR count). The van der Waals surface area contributed by atoms with Gasteiger partial charge in [0.2, 0.25) is 11.8 Å². The average Bonchev–Trinajstić information content (AvgIpc) is 3.56. The molecule has 2 N–H and O–H groups in total. The Hall–Kier alpha value is -3.77. The van der Waals surface area contributed by atoms with Crippen LogP contribution in [0.1, 0.15) is 78.3 Å². The number of carboxylic acid groups (broad SMARTS) is 1. The third-order valence-corrected chi connectivity index (χ3v) is 8.77. The number of carboxylic acids is 1. The fourth-order valence-electron chi connectivity index (χ4n) is 6.04. The molecule has 0 bridgehead atoms. The van der Waals surface area contributed by atoms with Crippen LogP contribution in [0.3, 0.4) is 0 Å². The van der Waals surface area contributed by atoms with E-state index in [4.69, 9.17) is 14.2 Å². The van der Waals surface area contributed by atoms with Crippen LogP contribution in [0.2, 0.25) is 0 Å². The van der Waals surface area contributed by atoms with E-state index in [1.807, 2.05) is 6.92 Å². The highest BCUT2D eigenvalue weighted by atomic mass is 19.3. The predicted molar refractivity (Wildman–Crippen MR) is 161 cm³/mol. The third kappa shape index (κ3) is 7.91. The standard InChI is InChI=1S/C32H44F2N4O7/c1-7-18-13-15-38(24(18)29(40)41)28(39)26(31(2,3)4)37-30(42)45-23-16-19(23)10-8-9-14-32(33,34)25-27(44-6)36-22-17-20(43-5)11-12-21(22)35-25/h11-12,17-19,23-24,26H,7-10,13-16H2,1-6H3,(H,37,42)(H,40,41)/t18-,19-,23-,24+,26-/m1/s1. The van der Waals surface area contributed by atoms with Gasteiger partial charge in [0.1, 0.15) is 23.9 Å². The van der Waals surface area contributed by atoms with Crippen LogP contribution in [0.15, 0.2) is 18.2 Å². The van der Waals surface area contributed by atoms with Gasteiger partial charge in [-0.05, 0) is 55.1 Å². The fourth-order valence-corrected chi connectivity index (χ4v) is 6.04. The summed E-state index contributed by atoms with van der Waals surface area (Å²) in [7, 11) is 2.78. The number of rotatable bonds is 13. The van der Waals surface area contributed by atoms with Gasteiger partial charge in [-0.15, -0.1) is 0 Å². The lowest BCUT2D eigenvalue weighted by molar-refractivity contribution is -0.151. The molecule has 2 aromatic rings. The van der Waals surface area contributed by atoms with Gasteiger partial charge in [0.15, 0.2) is 5.69 Å². The second kappa shape index (κ2) is 13.7. The Morgan fingerprint density at radius 2 is 1.82 bits per heavy atom. The number of fused-ring (bicyclic) bond motifs is 1. The molecule has 248 valence electrons. The van der Waals surface area contributed by atoms with Gasteiger partial charge in [-0.3, -0.25) is 4.79 Å². The first-order chi connectivity index (χ1) is 21.2. The molecule has 0 spiro atoms. The van der Waals surface area contributed by atoms with Crippen LogP contribution in [-0.4, -0.2) is 76.9 Å². The maximum atomic E-state index is 15.2. The molecule has 2 amide bonds. The Morgan fingerprint density at radius 1 is 1.09 bits per heavy atom. The van der Waals surface area contributed by atoms with Gasteiger partial charge in [-0.25, -0.2) is 19.6 Å². The quantitative estimate of drug-likeness (QED) is 0.272. The highest BCUT2D eigenvalue weighted by molar-refractivity contribution is 5.90. The van der Waals surface area contributed by atoms with Crippen LogP contribution in [0.5, 0.6) is 11.6 Å². The van der Waals surface area contributed by atoms with E-state index in [9.17, 15) is 19.5 Å². The first kappa shape index (κ1) is 34.1. The van der Waals surface area contributed by atoms with Crippen molar-refractivity contribution in [2.45, 2.75) is 96.8 Å². The Balaban J connectivity index is 1.27. The van der Waals surface area contributed by atoms with Crippen LogP contribution >= 0.6 is 0 Å². The number of carbonyl (C=O) groups excluding carboxylic acids is 2. The van der Waals surface area contributed by atoms with Crippen molar-refractivity contribution < 1.29 is 42.5 Å². The zero-order valence-corrected chi connectivity index (χ0v) is 26.8. The summed E-state index contributed by atoms with van der Waals surface area (Å²) in [4.78, 5) is 47.9. The van der Waals surface area contributed by atoms with Gasteiger partial charge < -0.3 is 29.5 Å². The summed E-state index contributed by atoms with van der Waals surface area (Å²) in [5, 5.41) is 12.4. The number of likely N-dealkylation sites (tertiary alicyclic amines) is 1. The van der Waals surface area contributed by atoms with Crippen molar-refractivity contribution in [1.82, 2.24) is 20.2 Å². The number of nitrogens with one attached hydrogen (secondary N) is 1. The van der Waals surface area contributed by atoms with Gasteiger partial charge >= 0.3 is 12.1 Å². The van der Waals surface area contributed by atoms with Crippen molar-refractivity contribution in [2.24, 2.45) is 17.3 Å². The molecule has 0 unspecified atom stereocenters. The molecular weight excluding hydrogens is 590 g/mol. The van der Waals surface area contributed by atoms with E-state index in [0.717, 1.165) is 0 Å². The van der Waals surface area contributed by atoms with Crippen LogP contribution in [0.25, 0.3) is 11.0 Å². The van der Waals surface area contributed by atoms with Crippen molar-refractivity contribution >= 4 is 29.0 Å². The lowest BCUT2D eigenvalue weighted by atomic mass is 9.85. The minimum absolute atomic E-state index is 0.0402. The minimum Gasteiger partial charge on any atom is -0.497 e. The van der Waals surface area contributed by atoms with Crippen LogP contribution in [-0.2, 0) is 20.2 Å². The predicted octanol–water partition coefficient (Wildman–Crippen LogP) is 5.54. The van der Waals surface area contributed by atoms with Gasteiger partial charge in [-0.1, -0.05) is 40.5 Å². The number of hydrogen-bond acceptors (Lipinski definition) is 8. The van der Waals surface area contributed by atoms with Crippen LogP contribution in [0, 0.1) is 17.3 Å². The number of alkyl halides is 2. The van der Waals surface area contributed by atoms with E-state index < -0.39 is 53.5 Å². The van der Waals surface area contributed by atoms with Crippen molar-refractivity contribution in [2.75, 3.05) is 20.8 Å². The Labute approximate surface area is 262 Å². The number of amides is 2. The summed E-state index contributed by atoms with van der Waals surface area (Å²) in [6.45, 7) is 7.61. The summed E-state index contributed by atoms with van der Waals surface area (Å²) in [6.07, 6.45) is 1.59. The molecule has 5 atom stereocenters. The molecule has 0 radical (unpaired) electrons. The number of unbranched alkanes of at least 4 members (excludes halogenated alkanes) is 1. The second-order valence-electron chi connectivity index (χ2n) is 13.0. The number of halogens is 2. The molecule has 1 aromatic carbocycles. The monoisotopic (exact) mass is 634 g/mol. The largest absolute Gasteiger partial charge is 0.497 e. The highest BCUT2D eigenvalue weighted by Gasteiger charge is 2.47. The molecule has 13 heteroatoms. The SMILES string of the molecule is CC[C@@H]1CCN(C(=O)[C@@H](NC(=O)O[C@@H]2C[C@H]2CCCCC(F)(F)c2nc3ccc(OC)cc3nc2OC)C(C)(C)C)[C@@H]1C(=O)O. The van der Waals surface area contributed by atoms with Crippen molar-refractivity contribution in [3.63, 3.8) is 0 Å². The number of benzene rings is 1. The molecule has 2 fully saturated rings. The Bertz CT molecular complexity index is 1400. The van der Waals surface area contributed by atoms with E-state index in [1.54, 1.807) is 39.0 Å². The summed E-state index contributed by atoms with van der Waals surface area (Å²) >= 11 is 0. The molecule has 11 nitrogen and oxygen atoms in total. The number of ether oxygens (including phenoxy) is 3. The molecule has 1 aliphatic heterocycles. The summed E-state index contributed by atoms with van der Waals surface area (Å²) < 4.78 is 46.3. The number of carbonyl (C=O) groups is 3. The minimum atomic E-state index is -3.26. The first-order valence-electron chi connectivity index (χ1n) is 15.5. The van der Waals surface area contributed by atoms with E-state index >= 15 is 8.78 Å². The first-order valence-corrected chi connectivity index (χ1v) is 15.5. The normalized spacial score (nSPS) is 22.2. The number of alkyl carbamates (subject to hydrolysis) is 1. The van der Waals surface area contributed by atoms with Gasteiger partial charge in [0, 0.05) is 19.0 Å². The number of methoxy groups -OCH3 is 2. The van der Waals surface area contributed by atoms with Gasteiger partial charge in [-0.2, -0.15) is 8.78 Å². The topological polar surface area (TPSA) is 140 Å². The number of aromatic nitrogens is 2. The molecule has 1 saturated carbocycles. The number of aliphatic carboxylic acids is 1. The summed E-state index contributed by atoms with van der Waals surface area (Å²) in [6, 6.07) is 2.91. The van der Waals surface area contributed by atoms with Gasteiger partial charge in [0.25, 0.3) is 5.92 Å². The van der Waals surface area contributed by atoms with Crippen LogP contribution < -0.4 is 14.8 Å². The lowest BCUT2D eigenvalue weighted by Gasteiger charge is -2.35. The molecule has 1 aromatic heterocycles. The van der Waals surface area contributed by atoms with Gasteiger partial charge in [0.05, 0.1) is 25.3 Å². The molecule has 2 aliphatic rings. The average molecular weight is 635 g/mol. The van der Waals surface area contributed by atoms with E-state index in [0.29, 0.717) is 55.4 Å². The Morgan fingerprint density at radius 3 is 2.44 bits per heavy atom. The molecular formula is C32H44F2N4O7. The lowest BCUT2D eigenvalue weighted by Crippen LogP contribution is -2.57. The highest BCUT2D eigenvalue weighted by Crippen LogP contribution is 2.41. The van der Waals surface area contributed by atoms with E-state index in [-0.39, 0.29) is 30.2 Å². The molecule has 1 saturated heterocycles. The maximum absolute atomic E-state index is 15.2. The fraction of sp³-hybridized carbons (Fsp3) is 0.656. The van der Waals surface area contributed by atoms with E-state index in [2.05, 4.69) is 15.3 Å². The zero-order chi connectivity index (χ0) is 33.1. The molecule has 2 heterocycles. The summed E-state index contributed by atoms with van der Waals surface area (Å²) in [5.41, 5.74) is -0.505. The maximum Gasteiger partial charge on any atom is 0.408 e. The zero-order valence-electron chi connectivity index (χ0n) is 26.8. The summed E-state index contributed by atoms with van der Waals surface area (Å²) in [5.74, 6) is -4.55. The van der Waals surface area contributed by atoms with Crippen molar-refractivity contribution in [1.29, 1.82) is 0 Å². The number of nitrogens with zero attached hydrogens (tertiary/aromatic N) is 3. The number of hydrogen-bond donors (Lipinski definition) is 2. The molecule has 45 heavy (non-hydrogen) atoms.